The number of fused-ring (bicyclic) bond motifs is 3. The Morgan fingerprint density at radius 1 is 1.03 bits per heavy atom. The van der Waals surface area contributed by atoms with Crippen LogP contribution in [0.3, 0.4) is 0 Å². The van der Waals surface area contributed by atoms with E-state index in [0.717, 1.165) is 10.8 Å². The number of ketones is 1. The molecule has 2 fully saturated rings. The van der Waals surface area contributed by atoms with E-state index in [9.17, 15) is 13.2 Å². The van der Waals surface area contributed by atoms with Crippen LogP contribution in [0.15, 0.2) is 59.8 Å². The Morgan fingerprint density at radius 2 is 1.77 bits per heavy atom. The first-order valence-electron chi connectivity index (χ1n) is 9.71. The number of hydrogen-bond donors (Lipinski definition) is 1. The maximum atomic E-state index is 13.3. The number of carbonyl (C=O) groups is 1. The molecule has 154 valence electrons. The van der Waals surface area contributed by atoms with Crippen LogP contribution in [0.1, 0.15) is 16.8 Å². The molecular formula is C21H20N4O4S. The van der Waals surface area contributed by atoms with Crippen molar-refractivity contribution in [3.05, 3.63) is 60.4 Å². The van der Waals surface area contributed by atoms with Crippen LogP contribution in [0.5, 0.6) is 0 Å². The predicted molar refractivity (Wildman–Crippen MR) is 111 cm³/mol. The minimum atomic E-state index is -3.59. The molecule has 0 aliphatic carbocycles. The Kier molecular flexibility index (Phi) is 4.53. The molecule has 1 aromatic heterocycles. The molecule has 0 spiro atoms. The molecule has 9 heteroatoms. The van der Waals surface area contributed by atoms with Crippen molar-refractivity contribution in [1.82, 2.24) is 14.3 Å². The van der Waals surface area contributed by atoms with Gasteiger partial charge >= 0.3 is 0 Å². The topological polar surface area (TPSA) is 104 Å². The van der Waals surface area contributed by atoms with Crippen LogP contribution in [0.4, 0.5) is 5.95 Å². The first-order valence-corrected chi connectivity index (χ1v) is 11.1. The van der Waals surface area contributed by atoms with E-state index in [-0.39, 0.29) is 17.6 Å². The van der Waals surface area contributed by atoms with Crippen LogP contribution in [-0.4, -0.2) is 65.4 Å². The summed E-state index contributed by atoms with van der Waals surface area (Å²) >= 11 is 0. The second-order valence-electron chi connectivity index (χ2n) is 7.63. The summed E-state index contributed by atoms with van der Waals surface area (Å²) in [6, 6.07) is 12.8. The SMILES string of the molecule is O=C(CO)c1cnc(N2C[C@@H]3C[C@H]2CN3S(=O)(=O)c2ccc3ccccc3c2)nc1. The van der Waals surface area contributed by atoms with Gasteiger partial charge in [-0.15, -0.1) is 0 Å². The van der Waals surface area contributed by atoms with Crippen molar-refractivity contribution >= 4 is 32.5 Å². The molecule has 2 atom stereocenters. The number of carbonyl (C=O) groups excluding carboxylic acids is 1. The van der Waals surface area contributed by atoms with Crippen LogP contribution in [0.25, 0.3) is 10.8 Å². The van der Waals surface area contributed by atoms with Crippen LogP contribution in [0.2, 0.25) is 0 Å². The molecule has 30 heavy (non-hydrogen) atoms. The molecule has 3 aromatic rings. The van der Waals surface area contributed by atoms with Crippen LogP contribution >= 0.6 is 0 Å². The summed E-state index contributed by atoms with van der Waals surface area (Å²) in [6.45, 7) is 0.296. The zero-order valence-electron chi connectivity index (χ0n) is 16.0. The van der Waals surface area contributed by atoms with E-state index in [1.54, 1.807) is 16.4 Å². The van der Waals surface area contributed by atoms with E-state index in [2.05, 4.69) is 9.97 Å². The molecule has 0 unspecified atom stereocenters. The second-order valence-corrected chi connectivity index (χ2v) is 9.52. The van der Waals surface area contributed by atoms with Gasteiger partial charge in [0.2, 0.25) is 16.0 Å². The summed E-state index contributed by atoms with van der Waals surface area (Å²) in [7, 11) is -3.59. The average Bonchev–Trinajstić information content (AvgIpc) is 3.40. The maximum absolute atomic E-state index is 13.3. The van der Waals surface area contributed by atoms with Crippen LogP contribution in [0, 0.1) is 0 Å². The minimum absolute atomic E-state index is 0.00961. The third-order valence-corrected chi connectivity index (χ3v) is 7.79. The monoisotopic (exact) mass is 424 g/mol. The first kappa shape index (κ1) is 19.1. The number of sulfonamides is 1. The number of hydrogen-bond acceptors (Lipinski definition) is 7. The van der Waals surface area contributed by atoms with Crippen molar-refractivity contribution < 1.29 is 18.3 Å². The number of piperazine rings is 1. The average molecular weight is 424 g/mol. The molecule has 2 aliphatic heterocycles. The molecule has 2 aromatic carbocycles. The van der Waals surface area contributed by atoms with Gasteiger partial charge in [-0.2, -0.15) is 4.31 Å². The van der Waals surface area contributed by atoms with Gasteiger partial charge in [0, 0.05) is 37.6 Å². The zero-order valence-corrected chi connectivity index (χ0v) is 16.9. The fraction of sp³-hybridized carbons (Fsp3) is 0.286. The molecule has 2 aliphatic rings. The van der Waals surface area contributed by atoms with Gasteiger partial charge in [0.15, 0.2) is 5.78 Å². The van der Waals surface area contributed by atoms with Crippen molar-refractivity contribution in [3.63, 3.8) is 0 Å². The number of nitrogens with zero attached hydrogens (tertiary/aromatic N) is 4. The predicted octanol–water partition coefficient (Wildman–Crippen LogP) is 1.46. The summed E-state index contributed by atoms with van der Waals surface area (Å²) in [6.07, 6.45) is 3.51. The van der Waals surface area contributed by atoms with Crippen molar-refractivity contribution in [3.8, 4) is 0 Å². The highest BCUT2D eigenvalue weighted by Gasteiger charge is 2.49. The van der Waals surface area contributed by atoms with Crippen molar-refractivity contribution in [2.24, 2.45) is 0 Å². The molecule has 0 radical (unpaired) electrons. The van der Waals surface area contributed by atoms with E-state index in [1.807, 2.05) is 35.2 Å². The maximum Gasteiger partial charge on any atom is 0.243 e. The molecule has 3 heterocycles. The third kappa shape index (κ3) is 3.06. The molecule has 0 saturated carbocycles. The lowest BCUT2D eigenvalue weighted by Crippen LogP contribution is -2.49. The van der Waals surface area contributed by atoms with Gasteiger partial charge in [-0.05, 0) is 29.3 Å². The lowest BCUT2D eigenvalue weighted by atomic mass is 10.1. The van der Waals surface area contributed by atoms with Gasteiger partial charge in [0.05, 0.1) is 10.5 Å². The Bertz CT molecular complexity index is 1230. The highest BCUT2D eigenvalue weighted by atomic mass is 32.2. The number of anilines is 1. The molecule has 2 bridgehead atoms. The molecule has 0 amide bonds. The van der Waals surface area contributed by atoms with Gasteiger partial charge in [0.1, 0.15) is 6.61 Å². The smallest absolute Gasteiger partial charge is 0.243 e. The van der Waals surface area contributed by atoms with E-state index < -0.39 is 22.4 Å². The minimum Gasteiger partial charge on any atom is -0.388 e. The molecule has 1 N–H and O–H groups in total. The van der Waals surface area contributed by atoms with E-state index in [4.69, 9.17) is 5.11 Å². The highest BCUT2D eigenvalue weighted by Crippen LogP contribution is 2.37. The molecule has 2 saturated heterocycles. The lowest BCUT2D eigenvalue weighted by molar-refractivity contribution is 0.0903. The Morgan fingerprint density at radius 3 is 2.43 bits per heavy atom. The van der Waals surface area contributed by atoms with Crippen molar-refractivity contribution in [2.75, 3.05) is 24.6 Å². The Hall–Kier alpha value is -2.88. The lowest BCUT2D eigenvalue weighted by Gasteiger charge is -2.33. The fourth-order valence-electron chi connectivity index (χ4n) is 4.34. The van der Waals surface area contributed by atoms with Gasteiger partial charge in [-0.25, -0.2) is 18.4 Å². The van der Waals surface area contributed by atoms with Crippen molar-refractivity contribution in [2.45, 2.75) is 23.4 Å². The Balaban J connectivity index is 1.36. The normalized spacial score (nSPS) is 21.4. The summed E-state index contributed by atoms with van der Waals surface area (Å²) in [4.78, 5) is 22.3. The number of aliphatic hydroxyl groups excluding tert-OH is 1. The standard InChI is InChI=1S/C21H20N4O4S/c26-13-20(27)16-9-22-21(23-10-16)24-11-18-8-17(24)12-25(18)30(28,29)19-6-5-14-3-1-2-4-15(14)7-19/h1-7,9-10,17-18,26H,8,11-13H2/t17-,18-/m0/s1. The molecule has 5 rings (SSSR count). The summed E-state index contributed by atoms with van der Waals surface area (Å²) < 4.78 is 28.1. The number of benzene rings is 2. The number of aliphatic hydroxyl groups is 1. The molecular weight excluding hydrogens is 404 g/mol. The summed E-state index contributed by atoms with van der Waals surface area (Å²) in [5, 5.41) is 10.8. The first-order chi connectivity index (χ1) is 14.5. The Labute approximate surface area is 173 Å². The van der Waals surface area contributed by atoms with Crippen LogP contribution < -0.4 is 4.90 Å². The third-order valence-electron chi connectivity index (χ3n) is 5.88. The van der Waals surface area contributed by atoms with Crippen molar-refractivity contribution in [1.29, 1.82) is 0 Å². The highest BCUT2D eigenvalue weighted by molar-refractivity contribution is 7.89. The van der Waals surface area contributed by atoms with Gasteiger partial charge in [-0.1, -0.05) is 30.3 Å². The summed E-state index contributed by atoms with van der Waals surface area (Å²) in [5.74, 6) is 0.0388. The van der Waals surface area contributed by atoms with E-state index >= 15 is 0 Å². The zero-order chi connectivity index (χ0) is 20.9. The number of aromatic nitrogens is 2. The number of rotatable bonds is 5. The number of Topliss-reactive ketones (excluding diaryl/α,β-unsaturated/α-hetero) is 1. The second kappa shape index (κ2) is 7.12. The van der Waals surface area contributed by atoms with E-state index in [0.29, 0.717) is 30.4 Å². The van der Waals surface area contributed by atoms with Gasteiger partial charge in [-0.3, -0.25) is 4.79 Å². The quantitative estimate of drug-likeness (QED) is 0.619. The fourth-order valence-corrected chi connectivity index (χ4v) is 6.04. The van der Waals surface area contributed by atoms with Gasteiger partial charge < -0.3 is 10.0 Å². The largest absolute Gasteiger partial charge is 0.388 e. The summed E-state index contributed by atoms with van der Waals surface area (Å²) in [5.41, 5.74) is 0.256. The van der Waals surface area contributed by atoms with Crippen LogP contribution in [-0.2, 0) is 10.0 Å². The van der Waals surface area contributed by atoms with Gasteiger partial charge in [0.25, 0.3) is 0 Å². The van der Waals surface area contributed by atoms with E-state index in [1.165, 1.54) is 12.4 Å². The molecule has 8 nitrogen and oxygen atoms in total.